The predicted molar refractivity (Wildman–Crippen MR) is 436 cm³/mol. The average Bonchev–Trinajstić information content (AvgIpc) is 1.62. The second-order valence-electron chi connectivity index (χ2n) is 30.0. The summed E-state index contributed by atoms with van der Waals surface area (Å²) in [7, 11) is 0. The predicted octanol–water partition coefficient (Wildman–Crippen LogP) is 19.2. The summed E-state index contributed by atoms with van der Waals surface area (Å²) in [4.78, 5) is 103. The minimum Gasteiger partial charge on any atom is -0.457 e. The number of anilines is 6. The van der Waals surface area contributed by atoms with Crippen LogP contribution in [0.2, 0.25) is 0 Å². The van der Waals surface area contributed by atoms with Gasteiger partial charge in [0.25, 0.3) is 35.4 Å². The van der Waals surface area contributed by atoms with Crippen LogP contribution in [-0.4, -0.2) is 127 Å². The first kappa shape index (κ1) is 74.0. The lowest BCUT2D eigenvalue weighted by molar-refractivity contribution is -0.152. The molecule has 0 aliphatic carbocycles. The largest absolute Gasteiger partial charge is 0.457 e. The molecule has 6 unspecified atom stereocenters. The fourth-order valence-corrected chi connectivity index (χ4v) is 16.0. The first-order chi connectivity index (χ1) is 57.0. The van der Waals surface area contributed by atoms with Crippen molar-refractivity contribution in [2.45, 2.75) is 88.1 Å². The molecule has 0 spiro atoms. The molecule has 13 aromatic rings. The van der Waals surface area contributed by atoms with E-state index >= 15 is 41.9 Å². The third kappa shape index (κ3) is 14.8. The minimum absolute atomic E-state index is 0.00381. The standard InChI is InChI=1S/C94H75F3N6O14/c1-2-74(92(108)100(58-33-23-54(24-34-58)27-41-66-50-110-66)59-35-25-55(26-36-59)28-42-67-51-111-67)102-88(104)70-43-76(114-62-15-7-3-8-16-62)82-84-78(116-64-19-11-5-12-20-64)45-72-81-73(46-79(117-65-21-13-6-14-22-65)85(87(81)84)83-77(115-63-17-9-4-10-18-63)44-71(89(102)105)80(70)86(82)83)91(107)103(90(72)106)75(47-94(95,96)97)93(109)101(60-37-29-56(30-38-60)98-48-68-52-112-68)61-39-31-57(32-40-61)99-49-69-53-113-69/h3-26,29-40,43-46,66-69,74-75,98-99H,2,27-28,41-42,47-53H2,1H3. The molecule has 19 rings (SSSR count). The molecule has 0 radical (unpaired) electrons. The highest BCUT2D eigenvalue weighted by atomic mass is 19.4. The lowest BCUT2D eigenvalue weighted by atomic mass is 9.80. The summed E-state index contributed by atoms with van der Waals surface area (Å²) in [5.74, 6) is -5.52. The van der Waals surface area contributed by atoms with Crippen molar-refractivity contribution in [1.29, 1.82) is 0 Å². The second kappa shape index (κ2) is 30.5. The number of ether oxygens (including phenoxy) is 8. The van der Waals surface area contributed by atoms with E-state index in [0.29, 0.717) is 67.2 Å². The van der Waals surface area contributed by atoms with Crippen molar-refractivity contribution in [2.24, 2.45) is 0 Å². The monoisotopic (exact) mass is 1570 g/mol. The number of fused-ring (bicyclic) bond motifs is 2. The molecule has 23 heteroatoms. The number of hydrogen-bond acceptors (Lipinski definition) is 16. The molecule has 0 aromatic heterocycles. The van der Waals surface area contributed by atoms with Crippen LogP contribution in [0.5, 0.6) is 46.0 Å². The van der Waals surface area contributed by atoms with Gasteiger partial charge in [-0.05, 0) is 189 Å². The summed E-state index contributed by atoms with van der Waals surface area (Å²) in [5, 5.41) is 7.35. The molecule has 586 valence electrons. The quantitative estimate of drug-likeness (QED) is 0.0185. The molecule has 13 aromatic carbocycles. The van der Waals surface area contributed by atoms with E-state index in [1.165, 1.54) is 24.3 Å². The number of para-hydroxylation sites is 4. The maximum atomic E-state index is 16.7. The highest BCUT2D eigenvalue weighted by molar-refractivity contribution is 6.45. The van der Waals surface area contributed by atoms with Gasteiger partial charge in [-0.3, -0.25) is 48.4 Å². The Bertz CT molecular complexity index is 5700. The van der Waals surface area contributed by atoms with E-state index in [0.717, 1.165) is 46.6 Å². The molecule has 4 fully saturated rings. The average molecular weight is 1570 g/mol. The molecule has 6 amide bonds. The zero-order valence-corrected chi connectivity index (χ0v) is 63.2. The SMILES string of the molecule is CCC(C(=O)N(c1ccc(CCC2CO2)cc1)c1ccc(CCC2CO2)cc1)N1C(=O)c2cc(Oc3ccccc3)c3c4c(Oc5ccccc5)cc5c6c(cc(Oc7ccccc7)c(c7c(Oc8ccccc8)cc(c2c37)C1=O)c64)C(=O)N(C(CC(F)(F)F)C(=O)N(c1ccc(NCC2CO2)cc1)c1ccc(NCC2CO2)cc1)C5=O. The van der Waals surface area contributed by atoms with Crippen LogP contribution in [0.1, 0.15) is 85.2 Å². The summed E-state index contributed by atoms with van der Waals surface area (Å²) in [6.07, 6.45) is -3.71. The van der Waals surface area contributed by atoms with E-state index in [1.54, 1.807) is 182 Å². The Morgan fingerprint density at radius 3 is 0.957 bits per heavy atom. The van der Waals surface area contributed by atoms with Crippen LogP contribution in [0.25, 0.3) is 43.1 Å². The highest BCUT2D eigenvalue weighted by Crippen LogP contribution is 2.59. The van der Waals surface area contributed by atoms with Crippen molar-refractivity contribution in [2.75, 3.05) is 60.0 Å². The van der Waals surface area contributed by atoms with Gasteiger partial charge >= 0.3 is 6.18 Å². The number of amides is 6. The second-order valence-corrected chi connectivity index (χ2v) is 30.0. The van der Waals surface area contributed by atoms with Gasteiger partial charge in [0, 0.05) is 90.3 Å². The molecule has 20 nitrogen and oxygen atoms in total. The van der Waals surface area contributed by atoms with Gasteiger partial charge in [0.1, 0.15) is 58.1 Å². The van der Waals surface area contributed by atoms with Gasteiger partial charge in [-0.2, -0.15) is 13.2 Å². The van der Waals surface area contributed by atoms with Crippen LogP contribution < -0.4 is 39.4 Å². The van der Waals surface area contributed by atoms with Crippen molar-refractivity contribution < 1.29 is 79.8 Å². The maximum Gasteiger partial charge on any atom is 0.391 e. The Hall–Kier alpha value is -13.2. The van der Waals surface area contributed by atoms with Gasteiger partial charge < -0.3 is 48.5 Å². The fourth-order valence-electron chi connectivity index (χ4n) is 16.0. The van der Waals surface area contributed by atoms with Gasteiger partial charge in [-0.1, -0.05) is 104 Å². The van der Waals surface area contributed by atoms with Crippen molar-refractivity contribution in [3.05, 3.63) is 276 Å². The number of benzene rings is 13. The van der Waals surface area contributed by atoms with E-state index in [1.807, 2.05) is 48.5 Å². The lowest BCUT2D eigenvalue weighted by Gasteiger charge is -2.37. The van der Waals surface area contributed by atoms with Gasteiger partial charge in [-0.25, -0.2) is 0 Å². The Balaban J connectivity index is 0.833. The van der Waals surface area contributed by atoms with Crippen LogP contribution in [0.4, 0.5) is 47.3 Å². The van der Waals surface area contributed by atoms with E-state index in [4.69, 9.17) is 37.9 Å². The number of halogens is 3. The lowest BCUT2D eigenvalue weighted by Crippen LogP contribution is -2.55. The van der Waals surface area contributed by atoms with E-state index in [9.17, 15) is 0 Å². The first-order valence-corrected chi connectivity index (χ1v) is 39.1. The molecule has 4 saturated heterocycles. The van der Waals surface area contributed by atoms with Crippen molar-refractivity contribution >= 4 is 113 Å². The molecule has 6 atom stereocenters. The number of aryl methyl sites for hydroxylation is 2. The van der Waals surface area contributed by atoms with E-state index in [2.05, 4.69) is 10.6 Å². The van der Waals surface area contributed by atoms with Crippen LogP contribution in [-0.2, 0) is 41.4 Å². The molecule has 6 aliphatic heterocycles. The molecule has 0 saturated carbocycles. The summed E-state index contributed by atoms with van der Waals surface area (Å²) in [5.41, 5.74) is 3.68. The fraction of sp³-hybridized carbons (Fsp3) is 0.213. The van der Waals surface area contributed by atoms with Crippen molar-refractivity contribution in [1.82, 2.24) is 9.80 Å². The smallest absolute Gasteiger partial charge is 0.391 e. The zero-order chi connectivity index (χ0) is 79.7. The number of alkyl halides is 3. The summed E-state index contributed by atoms with van der Waals surface area (Å²) in [6.45, 7) is 5.27. The van der Waals surface area contributed by atoms with Crippen LogP contribution >= 0.6 is 0 Å². The van der Waals surface area contributed by atoms with Gasteiger partial charge in [0.15, 0.2) is 0 Å². The summed E-state index contributed by atoms with van der Waals surface area (Å²) >= 11 is 0. The number of carbonyl (C=O) groups excluding carboxylic acids is 6. The number of epoxide rings is 4. The molecule has 0 bridgehead atoms. The normalized spacial score (nSPS) is 17.6. The number of hydrogen-bond donors (Lipinski definition) is 2. The molecular formula is C94H75F3N6O14. The summed E-state index contributed by atoms with van der Waals surface area (Å²) < 4.78 is 98.5. The molecule has 6 aliphatic rings. The number of nitrogens with one attached hydrogen (secondary N) is 2. The zero-order valence-electron chi connectivity index (χ0n) is 63.2. The number of carbonyl (C=O) groups is 6. The van der Waals surface area contributed by atoms with Crippen molar-refractivity contribution in [3.8, 4) is 46.0 Å². The van der Waals surface area contributed by atoms with Crippen LogP contribution in [0.15, 0.2) is 243 Å². The maximum absolute atomic E-state index is 16.7. The molecule has 117 heavy (non-hydrogen) atoms. The topological polar surface area (TPSA) is 226 Å². The molecule has 6 heterocycles. The Morgan fingerprint density at radius 1 is 0.393 bits per heavy atom. The van der Waals surface area contributed by atoms with Gasteiger partial charge in [0.2, 0.25) is 0 Å². The Morgan fingerprint density at radius 2 is 0.675 bits per heavy atom. The third-order valence-corrected chi connectivity index (χ3v) is 22.1. The number of rotatable bonds is 30. The van der Waals surface area contributed by atoms with E-state index in [-0.39, 0.29) is 154 Å². The van der Waals surface area contributed by atoms with Gasteiger partial charge in [-0.15, -0.1) is 0 Å². The molecule has 2 N–H and O–H groups in total. The van der Waals surface area contributed by atoms with Crippen molar-refractivity contribution in [3.63, 3.8) is 0 Å². The van der Waals surface area contributed by atoms with Crippen LogP contribution in [0.3, 0.4) is 0 Å². The highest BCUT2D eigenvalue weighted by Gasteiger charge is 2.51. The first-order valence-electron chi connectivity index (χ1n) is 39.1. The molecular weight excluding hydrogens is 1490 g/mol. The number of nitrogens with zero attached hydrogens (tertiary/aromatic N) is 4. The van der Waals surface area contributed by atoms with Crippen LogP contribution in [0, 0.1) is 0 Å². The van der Waals surface area contributed by atoms with E-state index < -0.39 is 60.1 Å². The van der Waals surface area contributed by atoms with Gasteiger partial charge in [0.05, 0.1) is 79.5 Å². The minimum atomic E-state index is -5.20. The Labute approximate surface area is 669 Å². The number of imide groups is 2. The third-order valence-electron chi connectivity index (χ3n) is 22.1. The summed E-state index contributed by atoms with van der Waals surface area (Å²) in [6, 6.07) is 64.3. The Kier molecular flexibility index (Phi) is 19.3.